The van der Waals surface area contributed by atoms with Crippen LogP contribution in [0.15, 0.2) is 35.6 Å². The minimum atomic E-state index is -1.55. The predicted molar refractivity (Wildman–Crippen MR) is 68.2 cm³/mol. The van der Waals surface area contributed by atoms with E-state index < -0.39 is 18.3 Å². The second kappa shape index (κ2) is 8.89. The highest BCUT2D eigenvalue weighted by Crippen LogP contribution is 2.06. The maximum atomic E-state index is 10.6. The second-order valence-electron chi connectivity index (χ2n) is 3.94. The van der Waals surface area contributed by atoms with Gasteiger partial charge in [0.05, 0.1) is 13.2 Å². The molecule has 0 spiro atoms. The Morgan fingerprint density at radius 1 is 1.35 bits per heavy atom. The Hall–Kier alpha value is -2.12. The lowest BCUT2D eigenvalue weighted by Crippen LogP contribution is -2.41. The monoisotopic (exact) mass is 281 g/mol. The normalized spacial score (nSPS) is 14.7. The molecular weight excluding hydrogens is 266 g/mol. The van der Waals surface area contributed by atoms with E-state index in [1.165, 1.54) is 0 Å². The van der Waals surface area contributed by atoms with E-state index in [0.29, 0.717) is 0 Å². The molecule has 0 aromatic heterocycles. The summed E-state index contributed by atoms with van der Waals surface area (Å²) in [6, 6.07) is 9.26. The fourth-order valence-corrected chi connectivity index (χ4v) is 1.43. The highest BCUT2D eigenvalue weighted by molar-refractivity contribution is 5.57. The van der Waals surface area contributed by atoms with E-state index in [1.54, 1.807) is 0 Å². The molecule has 8 heteroatoms. The van der Waals surface area contributed by atoms with Gasteiger partial charge in [0.1, 0.15) is 17.5 Å². The summed E-state index contributed by atoms with van der Waals surface area (Å²) in [7, 11) is 0. The highest BCUT2D eigenvalue weighted by Gasteiger charge is 2.27. The molecule has 0 aliphatic rings. The fraction of sp³-hybridized carbons (Fsp3) is 0.417. The van der Waals surface area contributed by atoms with Gasteiger partial charge in [0.2, 0.25) is 0 Å². The van der Waals surface area contributed by atoms with E-state index in [9.17, 15) is 15.0 Å². The molecule has 0 fully saturated rings. The first-order valence-electron chi connectivity index (χ1n) is 5.82. The average molecular weight is 281 g/mol. The molecule has 0 saturated heterocycles. The molecule has 1 aromatic carbocycles. The Bertz CT molecular complexity index is 450. The summed E-state index contributed by atoms with van der Waals surface area (Å²) in [5.74, 6) is 0. The molecule has 0 aliphatic heterocycles. The SMILES string of the molecule is [N-]=[N+]=NO[C@@H](C=O)[C@H](O)[C@H](O)COCc1ccccc1. The van der Waals surface area contributed by atoms with Crippen molar-refractivity contribution in [3.63, 3.8) is 0 Å². The van der Waals surface area contributed by atoms with Crippen molar-refractivity contribution >= 4 is 6.29 Å². The largest absolute Gasteiger partial charge is 0.420 e. The number of ether oxygens (including phenoxy) is 1. The van der Waals surface area contributed by atoms with Crippen LogP contribution in [0.3, 0.4) is 0 Å². The lowest BCUT2D eigenvalue weighted by Gasteiger charge is -2.21. The van der Waals surface area contributed by atoms with Crippen molar-refractivity contribution in [2.24, 2.45) is 5.28 Å². The van der Waals surface area contributed by atoms with Crippen LogP contribution in [0, 0.1) is 0 Å². The molecular formula is C12H15N3O5. The summed E-state index contributed by atoms with van der Waals surface area (Å²) < 4.78 is 5.22. The number of aliphatic hydroxyl groups is 2. The van der Waals surface area contributed by atoms with Crippen LogP contribution in [0.25, 0.3) is 10.4 Å². The number of benzene rings is 1. The van der Waals surface area contributed by atoms with Crippen molar-refractivity contribution in [1.29, 1.82) is 0 Å². The Morgan fingerprint density at radius 2 is 2.05 bits per heavy atom. The number of azide groups is 1. The smallest absolute Gasteiger partial charge is 0.191 e. The number of nitrogens with zero attached hydrogens (tertiary/aromatic N) is 3. The molecule has 2 N–H and O–H groups in total. The molecule has 0 heterocycles. The van der Waals surface area contributed by atoms with Gasteiger partial charge in [0, 0.05) is 4.91 Å². The first kappa shape index (κ1) is 15.9. The maximum absolute atomic E-state index is 10.6. The molecule has 0 aliphatic carbocycles. The molecule has 0 saturated carbocycles. The van der Waals surface area contributed by atoms with E-state index >= 15 is 0 Å². The number of aliphatic hydroxyl groups excluding tert-OH is 2. The summed E-state index contributed by atoms with van der Waals surface area (Å²) in [6.45, 7) is 0.0631. The maximum Gasteiger partial charge on any atom is 0.191 e. The summed E-state index contributed by atoms with van der Waals surface area (Å²) in [5.41, 5.74) is 8.96. The quantitative estimate of drug-likeness (QED) is 0.227. The standard InChI is InChI=1S/C12H15N3O5/c13-14-15-20-11(6-16)12(18)10(17)8-19-7-9-4-2-1-3-5-9/h1-6,10-12,17-18H,7-8H2/t10-,11+,12-/m1/s1. The molecule has 3 atom stereocenters. The minimum absolute atomic E-state index is 0.194. The molecule has 20 heavy (non-hydrogen) atoms. The Kier molecular flexibility index (Phi) is 7.08. The lowest BCUT2D eigenvalue weighted by atomic mass is 10.1. The van der Waals surface area contributed by atoms with Gasteiger partial charge in [-0.15, -0.1) is 0 Å². The van der Waals surface area contributed by atoms with Gasteiger partial charge in [-0.3, -0.25) is 4.79 Å². The van der Waals surface area contributed by atoms with Crippen LogP contribution in [-0.2, 0) is 21.0 Å². The van der Waals surface area contributed by atoms with Crippen molar-refractivity contribution in [1.82, 2.24) is 0 Å². The van der Waals surface area contributed by atoms with E-state index in [-0.39, 0.29) is 19.5 Å². The van der Waals surface area contributed by atoms with E-state index in [1.807, 2.05) is 30.3 Å². The zero-order chi connectivity index (χ0) is 14.8. The topological polar surface area (TPSA) is 125 Å². The molecule has 0 radical (unpaired) electrons. The van der Waals surface area contributed by atoms with Gasteiger partial charge >= 0.3 is 0 Å². The molecule has 1 aromatic rings. The Morgan fingerprint density at radius 3 is 2.65 bits per heavy atom. The molecule has 1 rings (SSSR count). The van der Waals surface area contributed by atoms with Crippen LogP contribution in [0.1, 0.15) is 5.56 Å². The predicted octanol–water partition coefficient (Wildman–Crippen LogP) is 0.734. The van der Waals surface area contributed by atoms with Crippen LogP contribution >= 0.6 is 0 Å². The summed E-state index contributed by atoms with van der Waals surface area (Å²) in [4.78, 5) is 17.3. The lowest BCUT2D eigenvalue weighted by molar-refractivity contribution is -0.139. The molecule has 0 unspecified atom stereocenters. The minimum Gasteiger partial charge on any atom is -0.420 e. The van der Waals surface area contributed by atoms with Gasteiger partial charge in [-0.05, 0) is 11.1 Å². The van der Waals surface area contributed by atoms with Crippen molar-refractivity contribution in [2.75, 3.05) is 6.61 Å². The van der Waals surface area contributed by atoms with Gasteiger partial charge in [-0.25, -0.2) is 0 Å². The zero-order valence-corrected chi connectivity index (χ0v) is 10.6. The van der Waals surface area contributed by atoms with E-state index in [0.717, 1.165) is 5.56 Å². The Labute approximate surface area is 115 Å². The van der Waals surface area contributed by atoms with Gasteiger partial charge in [0.15, 0.2) is 12.4 Å². The van der Waals surface area contributed by atoms with Crippen LogP contribution in [-0.4, -0.2) is 41.4 Å². The first-order chi connectivity index (χ1) is 9.69. The number of hydrogen-bond donors (Lipinski definition) is 2. The van der Waals surface area contributed by atoms with Crippen molar-refractivity contribution in [3.05, 3.63) is 46.3 Å². The number of carbonyl (C=O) groups excluding carboxylic acids is 1. The molecule has 108 valence electrons. The third-order valence-electron chi connectivity index (χ3n) is 2.47. The van der Waals surface area contributed by atoms with Gasteiger partial charge in [-0.1, -0.05) is 30.3 Å². The summed E-state index contributed by atoms with van der Waals surface area (Å²) >= 11 is 0. The van der Waals surface area contributed by atoms with E-state index in [4.69, 9.17) is 10.3 Å². The summed E-state index contributed by atoms with van der Waals surface area (Å²) in [6.07, 6.45) is -4.10. The first-order valence-corrected chi connectivity index (χ1v) is 5.82. The second-order valence-corrected chi connectivity index (χ2v) is 3.94. The number of hydrogen-bond acceptors (Lipinski definition) is 6. The van der Waals surface area contributed by atoms with Crippen LogP contribution in [0.5, 0.6) is 0 Å². The van der Waals surface area contributed by atoms with Crippen LogP contribution in [0.2, 0.25) is 0 Å². The molecule has 0 amide bonds. The third kappa shape index (κ3) is 5.25. The van der Waals surface area contributed by atoms with Gasteiger partial charge < -0.3 is 19.8 Å². The number of carbonyl (C=O) groups is 1. The number of aldehydes is 1. The van der Waals surface area contributed by atoms with Crippen molar-refractivity contribution in [2.45, 2.75) is 24.9 Å². The zero-order valence-electron chi connectivity index (χ0n) is 10.6. The van der Waals surface area contributed by atoms with Crippen LogP contribution in [0.4, 0.5) is 0 Å². The van der Waals surface area contributed by atoms with Crippen molar-refractivity contribution < 1.29 is 24.6 Å². The molecule has 8 nitrogen and oxygen atoms in total. The third-order valence-corrected chi connectivity index (χ3v) is 2.47. The highest BCUT2D eigenvalue weighted by atomic mass is 16.7. The molecule has 0 bridgehead atoms. The van der Waals surface area contributed by atoms with E-state index in [2.05, 4.69) is 15.0 Å². The average Bonchev–Trinajstić information content (AvgIpc) is 2.48. The van der Waals surface area contributed by atoms with Crippen molar-refractivity contribution in [3.8, 4) is 0 Å². The van der Waals surface area contributed by atoms with Gasteiger partial charge in [-0.2, -0.15) is 0 Å². The fourth-order valence-electron chi connectivity index (χ4n) is 1.43. The number of rotatable bonds is 9. The summed E-state index contributed by atoms with van der Waals surface area (Å²) in [5, 5.41) is 22.0. The van der Waals surface area contributed by atoms with Gasteiger partial charge in [0.25, 0.3) is 0 Å². The Balaban J connectivity index is 2.38. The van der Waals surface area contributed by atoms with Crippen LogP contribution < -0.4 is 0 Å².